The fraction of sp³-hybridized carbons (Fsp3) is 0.290. The molecule has 0 radical (unpaired) electrons. The number of ether oxygens (including phenoxy) is 1. The van der Waals surface area contributed by atoms with Crippen LogP contribution in [0.15, 0.2) is 90.0 Å². The number of aliphatic hydroxyl groups is 2. The molecule has 0 saturated carbocycles. The number of carbonyl (C=O) groups is 1. The van der Waals surface area contributed by atoms with Crippen LogP contribution in [0, 0.1) is 5.92 Å². The molecule has 5 rings (SSSR count). The zero-order chi connectivity index (χ0) is 29.0. The van der Waals surface area contributed by atoms with Gasteiger partial charge in [0.15, 0.2) is 11.4 Å². The number of allylic oxidation sites excluding steroid dienone is 1. The molecule has 2 N–H and O–H groups in total. The number of aliphatic hydroxyl groups excluding tert-OH is 1. The van der Waals surface area contributed by atoms with Crippen LogP contribution in [0.3, 0.4) is 0 Å². The van der Waals surface area contributed by atoms with Gasteiger partial charge in [0.05, 0.1) is 25.0 Å². The zero-order valence-corrected chi connectivity index (χ0v) is 23.1. The fourth-order valence-corrected chi connectivity index (χ4v) is 5.20. The van der Waals surface area contributed by atoms with E-state index < -0.39 is 17.4 Å². The summed E-state index contributed by atoms with van der Waals surface area (Å²) in [5.41, 5.74) is 1.40. The third-order valence-corrected chi connectivity index (χ3v) is 7.40. The van der Waals surface area contributed by atoms with E-state index in [1.807, 2.05) is 61.5 Å². The van der Waals surface area contributed by atoms with Gasteiger partial charge in [0, 0.05) is 49.1 Å². The summed E-state index contributed by atoms with van der Waals surface area (Å²) in [6.45, 7) is 2.67. The van der Waals surface area contributed by atoms with Crippen molar-refractivity contribution in [2.45, 2.75) is 38.5 Å². The molecule has 0 aliphatic carbocycles. The van der Waals surface area contributed by atoms with Crippen LogP contribution in [-0.4, -0.2) is 49.4 Å². The number of nitrogens with zero attached hydrogens (tertiary/aromatic N) is 5. The molecule has 10 nitrogen and oxygen atoms in total. The Kier molecular flexibility index (Phi) is 8.14. The lowest BCUT2D eigenvalue weighted by atomic mass is 9.83. The monoisotopic (exact) mass is 555 g/mol. The summed E-state index contributed by atoms with van der Waals surface area (Å²) in [5.74, 6) is -0.658. The number of benzene rings is 2. The van der Waals surface area contributed by atoms with E-state index in [1.54, 1.807) is 40.2 Å². The smallest absolute Gasteiger partial charge is 0.297 e. The van der Waals surface area contributed by atoms with Gasteiger partial charge in [0.2, 0.25) is 0 Å². The molecule has 2 aromatic carbocycles. The van der Waals surface area contributed by atoms with Crippen molar-refractivity contribution in [1.29, 1.82) is 0 Å². The van der Waals surface area contributed by atoms with E-state index in [4.69, 9.17) is 9.84 Å². The van der Waals surface area contributed by atoms with Gasteiger partial charge in [0.1, 0.15) is 0 Å². The molecular formula is C31H33N5O5. The van der Waals surface area contributed by atoms with Gasteiger partial charge in [-0.05, 0) is 42.3 Å². The predicted molar refractivity (Wildman–Crippen MR) is 154 cm³/mol. The molecule has 2 atom stereocenters. The topological polar surface area (TPSA) is 123 Å². The Labute approximate surface area is 237 Å². The Morgan fingerprint density at radius 2 is 1.93 bits per heavy atom. The molecule has 1 aliphatic rings. The zero-order valence-electron chi connectivity index (χ0n) is 23.1. The largest absolute Gasteiger partial charge is 0.491 e. The van der Waals surface area contributed by atoms with Gasteiger partial charge in [0.25, 0.3) is 11.5 Å². The molecule has 0 spiro atoms. The average molecular weight is 556 g/mol. The lowest BCUT2D eigenvalue weighted by Gasteiger charge is -2.27. The maximum atomic E-state index is 13.9. The van der Waals surface area contributed by atoms with Crippen molar-refractivity contribution in [3.63, 3.8) is 0 Å². The quantitative estimate of drug-likeness (QED) is 0.273. The second kappa shape index (κ2) is 11.9. The van der Waals surface area contributed by atoms with Crippen LogP contribution in [-0.2, 0) is 29.9 Å². The van der Waals surface area contributed by atoms with Gasteiger partial charge < -0.3 is 19.8 Å². The van der Waals surface area contributed by atoms with Crippen LogP contribution < -0.4 is 15.2 Å². The summed E-state index contributed by atoms with van der Waals surface area (Å²) >= 11 is 0. The van der Waals surface area contributed by atoms with Gasteiger partial charge in [-0.1, -0.05) is 54.6 Å². The number of aromatic nitrogens is 4. The van der Waals surface area contributed by atoms with Crippen LogP contribution in [0.25, 0.3) is 5.69 Å². The molecule has 0 fully saturated rings. The minimum atomic E-state index is -1.73. The molecule has 10 heteroatoms. The van der Waals surface area contributed by atoms with E-state index in [-0.39, 0.29) is 24.5 Å². The molecule has 4 aromatic rings. The summed E-state index contributed by atoms with van der Waals surface area (Å²) in [6, 6.07) is 18.1. The van der Waals surface area contributed by atoms with Gasteiger partial charge in [-0.15, -0.1) is 5.10 Å². The average Bonchev–Trinajstić information content (AvgIpc) is 3.52. The standard InChI is InChI=1S/C31H33N5O5/c1-22(9-5-6-16-34-21-24(15-18-37)32-33-34)31(40)26-12-3-4-13-27(26)36(30(31)39)20-23-10-7-11-25(19-23)35-17-8-14-28(41-2)29(35)38/h3-5,7-14,17,19,21-22,37,40H,6,15-16,18,20H2,1-2H3/b9-5+/t22-,31+/m0/s1. The second-order valence-electron chi connectivity index (χ2n) is 10.0. The first-order valence-electron chi connectivity index (χ1n) is 13.5. The van der Waals surface area contributed by atoms with Crippen molar-refractivity contribution < 1.29 is 19.7 Å². The molecule has 41 heavy (non-hydrogen) atoms. The third kappa shape index (κ3) is 5.44. The van der Waals surface area contributed by atoms with E-state index in [0.29, 0.717) is 36.3 Å². The predicted octanol–water partition coefficient (Wildman–Crippen LogP) is 2.99. The minimum absolute atomic E-state index is 0.0228. The van der Waals surface area contributed by atoms with Crippen molar-refractivity contribution in [1.82, 2.24) is 19.6 Å². The Morgan fingerprint density at radius 3 is 2.73 bits per heavy atom. The highest BCUT2D eigenvalue weighted by molar-refractivity contribution is 6.07. The van der Waals surface area contributed by atoms with Gasteiger partial charge in [-0.2, -0.15) is 0 Å². The third-order valence-electron chi connectivity index (χ3n) is 7.40. The van der Waals surface area contributed by atoms with Gasteiger partial charge in [-0.3, -0.25) is 18.8 Å². The first-order chi connectivity index (χ1) is 19.9. The Hall–Kier alpha value is -4.54. The van der Waals surface area contributed by atoms with Crippen LogP contribution in [0.1, 0.15) is 30.2 Å². The molecule has 2 aromatic heterocycles. The van der Waals surface area contributed by atoms with Crippen molar-refractivity contribution in [3.05, 3.63) is 112 Å². The van der Waals surface area contributed by atoms with E-state index in [9.17, 15) is 14.7 Å². The first-order valence-corrected chi connectivity index (χ1v) is 13.5. The number of para-hydroxylation sites is 1. The Balaban J connectivity index is 1.35. The normalized spacial score (nSPS) is 17.3. The van der Waals surface area contributed by atoms with Crippen molar-refractivity contribution >= 4 is 11.6 Å². The van der Waals surface area contributed by atoms with E-state index in [1.165, 1.54) is 11.7 Å². The number of aryl methyl sites for hydroxylation is 1. The Morgan fingerprint density at radius 1 is 1.10 bits per heavy atom. The number of hydrogen-bond donors (Lipinski definition) is 2. The highest BCUT2D eigenvalue weighted by Gasteiger charge is 2.52. The highest BCUT2D eigenvalue weighted by Crippen LogP contribution is 2.45. The number of methoxy groups -OCH3 is 1. The number of carbonyl (C=O) groups excluding carboxylic acids is 1. The maximum Gasteiger partial charge on any atom is 0.297 e. The lowest BCUT2D eigenvalue weighted by Crippen LogP contribution is -2.44. The minimum Gasteiger partial charge on any atom is -0.491 e. The van der Waals surface area contributed by atoms with Crippen LogP contribution in [0.2, 0.25) is 0 Å². The lowest BCUT2D eigenvalue weighted by molar-refractivity contribution is -0.139. The number of rotatable bonds is 11. The maximum absolute atomic E-state index is 13.9. The summed E-state index contributed by atoms with van der Waals surface area (Å²) in [4.78, 5) is 28.2. The summed E-state index contributed by atoms with van der Waals surface area (Å²) in [7, 11) is 1.46. The number of fused-ring (bicyclic) bond motifs is 1. The van der Waals surface area contributed by atoms with Crippen LogP contribution in [0.5, 0.6) is 5.75 Å². The summed E-state index contributed by atoms with van der Waals surface area (Å²) in [6.07, 6.45) is 8.36. The fourth-order valence-electron chi connectivity index (χ4n) is 5.20. The Bertz CT molecular complexity index is 1630. The molecule has 3 heterocycles. The highest BCUT2D eigenvalue weighted by atomic mass is 16.5. The van der Waals surface area contributed by atoms with Crippen molar-refractivity contribution in [3.8, 4) is 11.4 Å². The molecule has 1 aliphatic heterocycles. The molecule has 0 bridgehead atoms. The first kappa shape index (κ1) is 28.0. The number of hydrogen-bond acceptors (Lipinski definition) is 7. The van der Waals surface area contributed by atoms with Crippen molar-refractivity contribution in [2.24, 2.45) is 5.92 Å². The number of pyridine rings is 1. The van der Waals surface area contributed by atoms with Crippen molar-refractivity contribution in [2.75, 3.05) is 18.6 Å². The molecular weight excluding hydrogens is 522 g/mol. The van der Waals surface area contributed by atoms with E-state index >= 15 is 0 Å². The van der Waals surface area contributed by atoms with E-state index in [0.717, 1.165) is 11.3 Å². The molecule has 0 saturated heterocycles. The second-order valence-corrected chi connectivity index (χ2v) is 10.0. The van der Waals surface area contributed by atoms with Gasteiger partial charge >= 0.3 is 0 Å². The molecule has 1 amide bonds. The number of anilines is 1. The molecule has 212 valence electrons. The SMILES string of the molecule is COc1cccn(-c2cccc(CN3C(=O)[C@@](O)([C@@H](C)/C=C/CCn4cc(CCO)nn4)c4ccccc43)c2)c1=O. The van der Waals surface area contributed by atoms with E-state index in [2.05, 4.69) is 10.3 Å². The van der Waals surface area contributed by atoms with Crippen LogP contribution >= 0.6 is 0 Å². The molecule has 0 unspecified atom stereocenters. The number of amides is 1. The summed E-state index contributed by atoms with van der Waals surface area (Å²) in [5, 5.41) is 29.0. The van der Waals surface area contributed by atoms with Crippen LogP contribution in [0.4, 0.5) is 5.69 Å². The van der Waals surface area contributed by atoms with Gasteiger partial charge in [-0.25, -0.2) is 0 Å². The summed E-state index contributed by atoms with van der Waals surface area (Å²) < 4.78 is 8.38.